The smallest absolute Gasteiger partial charge is 0.243 e. The van der Waals surface area contributed by atoms with Crippen LogP contribution in [0.5, 0.6) is 0 Å². The van der Waals surface area contributed by atoms with E-state index in [9.17, 15) is 4.79 Å². The van der Waals surface area contributed by atoms with E-state index >= 15 is 0 Å². The van der Waals surface area contributed by atoms with E-state index in [2.05, 4.69) is 26.6 Å². The molecule has 0 fully saturated rings. The van der Waals surface area contributed by atoms with Crippen molar-refractivity contribution in [3.8, 4) is 0 Å². The van der Waals surface area contributed by atoms with Crippen LogP contribution in [0.2, 0.25) is 10.0 Å². The lowest BCUT2D eigenvalue weighted by molar-refractivity contribution is -0.114. The molecule has 0 bridgehead atoms. The molecule has 2 rings (SSSR count). The van der Waals surface area contributed by atoms with Gasteiger partial charge in [-0.05, 0) is 46.3 Å². The number of carbonyl (C=O) groups is 1. The van der Waals surface area contributed by atoms with Crippen LogP contribution in [-0.4, -0.2) is 12.5 Å². The third-order valence-corrected chi connectivity index (χ3v) is 3.59. The van der Waals surface area contributed by atoms with Gasteiger partial charge < -0.3 is 10.6 Å². The molecule has 0 aliphatic carbocycles. The van der Waals surface area contributed by atoms with Gasteiger partial charge in [-0.2, -0.15) is 0 Å². The molecule has 0 unspecified atom stereocenters. The van der Waals surface area contributed by atoms with Crippen LogP contribution in [0.1, 0.15) is 0 Å². The number of para-hydroxylation sites is 1. The fraction of sp³-hybridized carbons (Fsp3) is 0.0714. The first kappa shape index (κ1) is 15.2. The summed E-state index contributed by atoms with van der Waals surface area (Å²) in [6.07, 6.45) is 0. The number of rotatable bonds is 4. The summed E-state index contributed by atoms with van der Waals surface area (Å²) in [5.74, 6) is -0.159. The van der Waals surface area contributed by atoms with Crippen LogP contribution in [0.3, 0.4) is 0 Å². The SMILES string of the molecule is O=C(CNc1cc(Cl)cc(Cl)c1)Nc1ccccc1Br. The molecule has 2 aromatic carbocycles. The Hall–Kier alpha value is -1.23. The van der Waals surface area contributed by atoms with Gasteiger partial charge in [0.2, 0.25) is 5.91 Å². The van der Waals surface area contributed by atoms with Crippen LogP contribution < -0.4 is 10.6 Å². The van der Waals surface area contributed by atoms with Crippen molar-refractivity contribution in [2.45, 2.75) is 0 Å². The monoisotopic (exact) mass is 372 g/mol. The molecule has 0 aliphatic rings. The van der Waals surface area contributed by atoms with Crippen LogP contribution in [0.15, 0.2) is 46.9 Å². The molecule has 0 saturated heterocycles. The molecule has 0 aliphatic heterocycles. The molecule has 104 valence electrons. The van der Waals surface area contributed by atoms with Crippen LogP contribution in [-0.2, 0) is 4.79 Å². The lowest BCUT2D eigenvalue weighted by Crippen LogP contribution is -2.21. The summed E-state index contributed by atoms with van der Waals surface area (Å²) in [6.45, 7) is 0.123. The third-order valence-electron chi connectivity index (χ3n) is 2.46. The van der Waals surface area contributed by atoms with Crippen LogP contribution in [0, 0.1) is 0 Å². The fourth-order valence-corrected chi connectivity index (χ4v) is 2.51. The Morgan fingerprint density at radius 1 is 1.10 bits per heavy atom. The highest BCUT2D eigenvalue weighted by molar-refractivity contribution is 9.10. The van der Waals surface area contributed by atoms with Crippen molar-refractivity contribution in [2.75, 3.05) is 17.2 Å². The summed E-state index contributed by atoms with van der Waals surface area (Å²) < 4.78 is 0.833. The highest BCUT2D eigenvalue weighted by Crippen LogP contribution is 2.23. The van der Waals surface area contributed by atoms with E-state index in [1.54, 1.807) is 18.2 Å². The van der Waals surface area contributed by atoms with Crippen molar-refractivity contribution in [1.29, 1.82) is 0 Å². The summed E-state index contributed by atoms with van der Waals surface area (Å²) in [7, 11) is 0. The number of halogens is 3. The molecule has 1 amide bonds. The topological polar surface area (TPSA) is 41.1 Å². The molecule has 2 N–H and O–H groups in total. The Balaban J connectivity index is 1.94. The maximum absolute atomic E-state index is 11.8. The minimum atomic E-state index is -0.159. The zero-order valence-electron chi connectivity index (χ0n) is 10.3. The predicted octanol–water partition coefficient (Wildman–Crippen LogP) is 4.81. The summed E-state index contributed by atoms with van der Waals surface area (Å²) in [6, 6.07) is 12.5. The molecule has 0 atom stereocenters. The van der Waals surface area contributed by atoms with Crippen LogP contribution >= 0.6 is 39.1 Å². The van der Waals surface area contributed by atoms with Gasteiger partial charge in [-0.3, -0.25) is 4.79 Å². The average molecular weight is 374 g/mol. The number of nitrogens with one attached hydrogen (secondary N) is 2. The van der Waals surface area contributed by atoms with Gasteiger partial charge in [0, 0.05) is 20.2 Å². The second kappa shape index (κ2) is 6.97. The van der Waals surface area contributed by atoms with Crippen molar-refractivity contribution in [1.82, 2.24) is 0 Å². The highest BCUT2D eigenvalue weighted by atomic mass is 79.9. The Bertz CT molecular complexity index is 614. The van der Waals surface area contributed by atoms with E-state index < -0.39 is 0 Å². The van der Waals surface area contributed by atoms with E-state index in [4.69, 9.17) is 23.2 Å². The first-order valence-corrected chi connectivity index (χ1v) is 7.34. The molecule has 3 nitrogen and oxygen atoms in total. The quantitative estimate of drug-likeness (QED) is 0.807. The first-order chi connectivity index (χ1) is 9.54. The van der Waals surface area contributed by atoms with E-state index in [-0.39, 0.29) is 12.5 Å². The average Bonchev–Trinajstić information content (AvgIpc) is 2.38. The molecule has 2 aromatic rings. The van der Waals surface area contributed by atoms with E-state index in [0.29, 0.717) is 15.7 Å². The van der Waals surface area contributed by atoms with Gasteiger partial charge in [0.05, 0.1) is 12.2 Å². The third kappa shape index (κ3) is 4.40. The maximum atomic E-state index is 11.8. The molecule has 0 heterocycles. The minimum Gasteiger partial charge on any atom is -0.376 e. The van der Waals surface area contributed by atoms with Crippen molar-refractivity contribution in [2.24, 2.45) is 0 Å². The number of amides is 1. The normalized spacial score (nSPS) is 10.2. The van der Waals surface area contributed by atoms with Crippen molar-refractivity contribution in [3.63, 3.8) is 0 Å². The van der Waals surface area contributed by atoms with E-state index in [1.165, 1.54) is 0 Å². The van der Waals surface area contributed by atoms with E-state index in [1.807, 2.05) is 24.3 Å². The van der Waals surface area contributed by atoms with Crippen LogP contribution in [0.4, 0.5) is 11.4 Å². The van der Waals surface area contributed by atoms with Gasteiger partial charge in [0.25, 0.3) is 0 Å². The zero-order valence-corrected chi connectivity index (χ0v) is 13.4. The van der Waals surface area contributed by atoms with Crippen LogP contribution in [0.25, 0.3) is 0 Å². The lowest BCUT2D eigenvalue weighted by atomic mass is 10.3. The fourth-order valence-electron chi connectivity index (χ4n) is 1.60. The Kier molecular flexibility index (Phi) is 5.29. The summed E-state index contributed by atoms with van der Waals surface area (Å²) >= 11 is 15.1. The zero-order chi connectivity index (χ0) is 14.5. The first-order valence-electron chi connectivity index (χ1n) is 5.79. The minimum absolute atomic E-state index is 0.123. The standard InChI is InChI=1S/C14H11BrCl2N2O/c15-12-3-1-2-4-13(12)19-14(20)8-18-11-6-9(16)5-10(17)7-11/h1-7,18H,8H2,(H,19,20). The van der Waals surface area contributed by atoms with Gasteiger partial charge in [-0.25, -0.2) is 0 Å². The van der Waals surface area contributed by atoms with Gasteiger partial charge >= 0.3 is 0 Å². The highest BCUT2D eigenvalue weighted by Gasteiger charge is 2.05. The van der Waals surface area contributed by atoms with Gasteiger partial charge in [0.1, 0.15) is 0 Å². The Morgan fingerprint density at radius 3 is 2.40 bits per heavy atom. The molecule has 0 saturated carbocycles. The molecule has 6 heteroatoms. The lowest BCUT2D eigenvalue weighted by Gasteiger charge is -2.09. The molecule has 0 radical (unpaired) electrons. The van der Waals surface area contributed by atoms with Crippen molar-refractivity contribution < 1.29 is 4.79 Å². The van der Waals surface area contributed by atoms with Gasteiger partial charge in [-0.1, -0.05) is 35.3 Å². The number of hydrogen-bond acceptors (Lipinski definition) is 2. The number of hydrogen-bond donors (Lipinski definition) is 2. The summed E-state index contributed by atoms with van der Waals surface area (Å²) in [4.78, 5) is 11.8. The molecule has 0 spiro atoms. The molecule has 20 heavy (non-hydrogen) atoms. The largest absolute Gasteiger partial charge is 0.376 e. The number of anilines is 2. The Morgan fingerprint density at radius 2 is 1.75 bits per heavy atom. The second-order valence-electron chi connectivity index (χ2n) is 4.04. The van der Waals surface area contributed by atoms with Gasteiger partial charge in [0.15, 0.2) is 0 Å². The van der Waals surface area contributed by atoms with Crippen molar-refractivity contribution in [3.05, 3.63) is 57.0 Å². The predicted molar refractivity (Wildman–Crippen MR) is 87.7 cm³/mol. The van der Waals surface area contributed by atoms with E-state index in [0.717, 1.165) is 10.2 Å². The van der Waals surface area contributed by atoms with Crippen molar-refractivity contribution >= 4 is 56.4 Å². The number of carbonyl (C=O) groups excluding carboxylic acids is 1. The van der Waals surface area contributed by atoms with Gasteiger partial charge in [-0.15, -0.1) is 0 Å². The molecule has 0 aromatic heterocycles. The summed E-state index contributed by atoms with van der Waals surface area (Å²) in [5.41, 5.74) is 1.42. The molecular weight excluding hydrogens is 363 g/mol. The maximum Gasteiger partial charge on any atom is 0.243 e. The number of benzene rings is 2. The molecular formula is C14H11BrCl2N2O. The summed E-state index contributed by atoms with van der Waals surface area (Å²) in [5, 5.41) is 6.80. The second-order valence-corrected chi connectivity index (χ2v) is 5.77. The Labute approximate surface area is 135 Å².